The van der Waals surface area contributed by atoms with Crippen LogP contribution in [0.4, 0.5) is 0 Å². The average Bonchev–Trinajstić information content (AvgIpc) is 2.64. The van der Waals surface area contributed by atoms with Crippen molar-refractivity contribution in [3.8, 4) is 0 Å². The number of fused-ring (bicyclic) bond motifs is 2. The number of ether oxygens (including phenoxy) is 2. The molecule has 0 aliphatic carbocycles. The predicted octanol–water partition coefficient (Wildman–Crippen LogP) is 6.40. The van der Waals surface area contributed by atoms with Gasteiger partial charge in [0.15, 0.2) is 0 Å². The van der Waals surface area contributed by atoms with E-state index in [-0.39, 0.29) is 12.1 Å². The number of hydrogen-bond donors (Lipinski definition) is 0. The third kappa shape index (κ3) is 8.73. The minimum atomic E-state index is -0.194. The normalized spacial score (nSPS) is 30.7. The van der Waals surface area contributed by atoms with E-state index >= 15 is 0 Å². The van der Waals surface area contributed by atoms with Crippen molar-refractivity contribution in [3.05, 3.63) is 36.1 Å². The molecule has 0 radical (unpaired) electrons. The van der Waals surface area contributed by atoms with Crippen molar-refractivity contribution in [2.75, 3.05) is 0 Å². The lowest BCUT2D eigenvalue weighted by Crippen LogP contribution is -2.17. The molecule has 0 amide bonds. The number of carbonyl (C=O) groups is 1. The number of esters is 1. The molecule has 0 aromatic carbocycles. The van der Waals surface area contributed by atoms with E-state index in [1.807, 2.05) is 12.2 Å². The van der Waals surface area contributed by atoms with E-state index in [9.17, 15) is 4.79 Å². The third-order valence-corrected chi connectivity index (χ3v) is 5.08. The van der Waals surface area contributed by atoms with Crippen molar-refractivity contribution >= 4 is 5.97 Å². The van der Waals surface area contributed by atoms with Crippen molar-refractivity contribution in [1.29, 1.82) is 0 Å². The van der Waals surface area contributed by atoms with Crippen molar-refractivity contribution in [3.63, 3.8) is 0 Å². The molecule has 0 fully saturated rings. The lowest BCUT2D eigenvalue weighted by molar-refractivity contribution is -0.146. The zero-order valence-corrected chi connectivity index (χ0v) is 16.5. The van der Waals surface area contributed by atoms with Crippen LogP contribution in [-0.4, -0.2) is 18.2 Å². The molecule has 3 heteroatoms. The topological polar surface area (TPSA) is 35.5 Å². The first-order chi connectivity index (χ1) is 12.8. The summed E-state index contributed by atoms with van der Waals surface area (Å²) >= 11 is 0. The molecule has 2 bridgehead atoms. The van der Waals surface area contributed by atoms with Gasteiger partial charge in [0.05, 0.1) is 11.9 Å². The lowest BCUT2D eigenvalue weighted by atomic mass is 10.0. The minimum Gasteiger partial charge on any atom is -0.495 e. The van der Waals surface area contributed by atoms with Gasteiger partial charge in [0, 0.05) is 19.3 Å². The second kappa shape index (κ2) is 12.8. The molecule has 26 heavy (non-hydrogen) atoms. The molecule has 0 aromatic rings. The highest BCUT2D eigenvalue weighted by Crippen LogP contribution is 2.22. The quantitative estimate of drug-likeness (QED) is 0.546. The minimum absolute atomic E-state index is 0.0785. The highest BCUT2D eigenvalue weighted by molar-refractivity contribution is 5.69. The van der Waals surface area contributed by atoms with Gasteiger partial charge in [-0.05, 0) is 50.7 Å². The summed E-state index contributed by atoms with van der Waals surface area (Å²) in [6, 6.07) is 0. The van der Waals surface area contributed by atoms with Gasteiger partial charge in [-0.2, -0.15) is 0 Å². The van der Waals surface area contributed by atoms with Crippen LogP contribution in [0.3, 0.4) is 0 Å². The Bertz CT molecular complexity index is 490. The van der Waals surface area contributed by atoms with Crippen LogP contribution < -0.4 is 0 Å². The summed E-state index contributed by atoms with van der Waals surface area (Å²) in [6.45, 7) is 2.24. The largest absolute Gasteiger partial charge is 0.495 e. The average molecular weight is 361 g/mol. The molecule has 2 aliphatic heterocycles. The predicted molar refractivity (Wildman–Crippen MR) is 107 cm³/mol. The first-order valence-corrected chi connectivity index (χ1v) is 10.7. The molecule has 146 valence electrons. The maximum atomic E-state index is 12.1. The van der Waals surface area contributed by atoms with Crippen LogP contribution in [-0.2, 0) is 14.3 Å². The van der Waals surface area contributed by atoms with E-state index in [1.165, 1.54) is 12.8 Å². The van der Waals surface area contributed by atoms with Crippen molar-refractivity contribution < 1.29 is 14.3 Å². The van der Waals surface area contributed by atoms with E-state index in [1.54, 1.807) is 0 Å². The second-order valence-corrected chi connectivity index (χ2v) is 7.47. The zero-order valence-electron chi connectivity index (χ0n) is 16.5. The standard InChI is InChI=1S/C23H36O3/c1-2-3-13-20-14-9-5-4-6-10-16-22-19-18-21(25-20)15-11-7-8-12-17-23(24)26-22/h4,6,10,16,18,20,22H,2-3,5,7-9,11-15,17,19H2,1H3/b6-4-,16-10-,21-18-. The fourth-order valence-electron chi connectivity index (χ4n) is 3.51. The molecule has 2 atom stereocenters. The molecular weight excluding hydrogens is 324 g/mol. The van der Waals surface area contributed by atoms with Gasteiger partial charge in [-0.3, -0.25) is 4.79 Å². The highest BCUT2D eigenvalue weighted by Gasteiger charge is 2.15. The number of allylic oxidation sites excluding steroid dienone is 4. The van der Waals surface area contributed by atoms with Crippen molar-refractivity contribution in [2.45, 2.75) is 103 Å². The Morgan fingerprint density at radius 3 is 2.73 bits per heavy atom. The molecule has 2 heterocycles. The smallest absolute Gasteiger partial charge is 0.306 e. The van der Waals surface area contributed by atoms with Gasteiger partial charge >= 0.3 is 5.97 Å². The van der Waals surface area contributed by atoms with Gasteiger partial charge in [0.25, 0.3) is 0 Å². The monoisotopic (exact) mass is 360 g/mol. The molecule has 0 N–H and O–H groups in total. The van der Waals surface area contributed by atoms with Crippen LogP contribution in [0, 0.1) is 0 Å². The summed E-state index contributed by atoms with van der Waals surface area (Å²) < 4.78 is 12.1. The van der Waals surface area contributed by atoms with E-state index in [4.69, 9.17) is 9.47 Å². The van der Waals surface area contributed by atoms with Gasteiger partial charge in [-0.25, -0.2) is 0 Å². The third-order valence-electron chi connectivity index (χ3n) is 5.08. The fraction of sp³-hybridized carbons (Fsp3) is 0.696. The van der Waals surface area contributed by atoms with Crippen LogP contribution in [0.15, 0.2) is 36.1 Å². The van der Waals surface area contributed by atoms with Crippen LogP contribution in [0.1, 0.15) is 90.4 Å². The van der Waals surface area contributed by atoms with Gasteiger partial charge < -0.3 is 9.47 Å². The van der Waals surface area contributed by atoms with E-state index in [0.717, 1.165) is 63.5 Å². The first kappa shape index (κ1) is 20.8. The molecule has 2 rings (SSSR count). The molecule has 2 unspecified atom stereocenters. The Morgan fingerprint density at radius 2 is 1.88 bits per heavy atom. The van der Waals surface area contributed by atoms with Gasteiger partial charge in [0.2, 0.25) is 0 Å². The van der Waals surface area contributed by atoms with Crippen molar-refractivity contribution in [2.24, 2.45) is 0 Å². The second-order valence-electron chi connectivity index (χ2n) is 7.47. The molecular formula is C23H36O3. The Kier molecular flexibility index (Phi) is 10.2. The fourth-order valence-corrected chi connectivity index (χ4v) is 3.51. The summed E-state index contributed by atoms with van der Waals surface area (Å²) in [4.78, 5) is 12.1. The van der Waals surface area contributed by atoms with Crippen LogP contribution in [0.25, 0.3) is 0 Å². The summed E-state index contributed by atoms with van der Waals surface area (Å²) in [6.07, 6.45) is 24.0. The Hall–Kier alpha value is -1.51. The summed E-state index contributed by atoms with van der Waals surface area (Å²) in [5, 5.41) is 0. The van der Waals surface area contributed by atoms with Gasteiger partial charge in [-0.15, -0.1) is 0 Å². The maximum absolute atomic E-state index is 12.1. The van der Waals surface area contributed by atoms with E-state index in [2.05, 4.69) is 25.2 Å². The van der Waals surface area contributed by atoms with Crippen molar-refractivity contribution in [1.82, 2.24) is 0 Å². The number of hydrogen-bond acceptors (Lipinski definition) is 3. The summed E-state index contributed by atoms with van der Waals surface area (Å²) in [7, 11) is 0. The molecule has 0 saturated heterocycles. The molecule has 2 aliphatic rings. The van der Waals surface area contributed by atoms with Crippen LogP contribution in [0.2, 0.25) is 0 Å². The number of carbonyl (C=O) groups excluding carboxylic acids is 1. The Balaban J connectivity index is 2.14. The maximum Gasteiger partial charge on any atom is 0.306 e. The lowest BCUT2D eigenvalue weighted by Gasteiger charge is -2.22. The van der Waals surface area contributed by atoms with Gasteiger partial charge in [-0.1, -0.05) is 50.8 Å². The highest BCUT2D eigenvalue weighted by atomic mass is 16.5. The van der Waals surface area contributed by atoms with Crippen LogP contribution >= 0.6 is 0 Å². The zero-order chi connectivity index (χ0) is 18.5. The van der Waals surface area contributed by atoms with Crippen LogP contribution in [0.5, 0.6) is 0 Å². The molecule has 0 saturated carbocycles. The Morgan fingerprint density at radius 1 is 1.04 bits per heavy atom. The SMILES string of the molecule is CCCCC1CCC/C=C\C=C/C2C/C=C(/CCCCCCC(=O)O2)O1. The summed E-state index contributed by atoms with van der Waals surface area (Å²) in [5.41, 5.74) is 0. The molecule has 3 nitrogen and oxygen atoms in total. The molecule has 0 spiro atoms. The molecule has 0 aromatic heterocycles. The van der Waals surface area contributed by atoms with E-state index < -0.39 is 0 Å². The number of rotatable bonds is 3. The summed E-state index contributed by atoms with van der Waals surface area (Å²) in [5.74, 6) is 1.03. The van der Waals surface area contributed by atoms with E-state index in [0.29, 0.717) is 18.9 Å². The Labute approximate surface area is 159 Å². The number of unbranched alkanes of at least 4 members (excludes halogenated alkanes) is 1. The van der Waals surface area contributed by atoms with Gasteiger partial charge in [0.1, 0.15) is 6.10 Å². The first-order valence-electron chi connectivity index (χ1n) is 10.7.